The van der Waals surface area contributed by atoms with Gasteiger partial charge in [-0.15, -0.1) is 0 Å². The molecule has 0 aliphatic carbocycles. The number of carbonyl (C=O) groups excluding carboxylic acids is 1. The van der Waals surface area contributed by atoms with Crippen LogP contribution in [-0.2, 0) is 25.3 Å². The first-order valence-electron chi connectivity index (χ1n) is 7.73. The van der Waals surface area contributed by atoms with Crippen molar-refractivity contribution in [2.24, 2.45) is 0 Å². The number of hydrogen-bond donors (Lipinski definition) is 0. The Morgan fingerprint density at radius 3 is 2.88 bits per heavy atom. The van der Waals surface area contributed by atoms with E-state index in [0.29, 0.717) is 12.8 Å². The van der Waals surface area contributed by atoms with E-state index in [1.165, 1.54) is 6.07 Å². The zero-order valence-electron chi connectivity index (χ0n) is 13.4. The third-order valence-electron chi connectivity index (χ3n) is 3.90. The van der Waals surface area contributed by atoms with E-state index in [-0.39, 0.29) is 24.3 Å². The van der Waals surface area contributed by atoms with Gasteiger partial charge in [0.05, 0.1) is 24.0 Å². The molecule has 1 aromatic rings. The molecule has 0 amide bonds. The molecule has 1 atom stereocenters. The smallest absolute Gasteiger partial charge is 0.324 e. The number of benzene rings is 1. The van der Waals surface area contributed by atoms with Crippen LogP contribution in [0.3, 0.4) is 0 Å². The van der Waals surface area contributed by atoms with Crippen molar-refractivity contribution in [1.82, 2.24) is 4.31 Å². The molecule has 6 nitrogen and oxygen atoms in total. The van der Waals surface area contributed by atoms with Gasteiger partial charge in [-0.3, -0.25) is 4.79 Å². The highest BCUT2D eigenvalue weighted by atomic mass is 32.2. The Bertz CT molecular complexity index is 758. The quantitative estimate of drug-likeness (QED) is 0.754. The van der Waals surface area contributed by atoms with Gasteiger partial charge in [0, 0.05) is 6.54 Å². The van der Waals surface area contributed by atoms with Gasteiger partial charge in [-0.1, -0.05) is 6.07 Å². The van der Waals surface area contributed by atoms with E-state index in [0.717, 1.165) is 22.9 Å². The third kappa shape index (κ3) is 4.10. The molecule has 0 bridgehead atoms. The molecule has 0 unspecified atom stereocenters. The van der Waals surface area contributed by atoms with Crippen molar-refractivity contribution < 1.29 is 22.3 Å². The van der Waals surface area contributed by atoms with Crippen LogP contribution < -0.4 is 0 Å². The summed E-state index contributed by atoms with van der Waals surface area (Å²) in [5.41, 5.74) is 0.190. The van der Waals surface area contributed by atoms with Crippen molar-refractivity contribution in [3.8, 4) is 6.07 Å². The van der Waals surface area contributed by atoms with E-state index in [1.54, 1.807) is 13.0 Å². The zero-order chi connectivity index (χ0) is 17.7. The average molecular weight is 354 g/mol. The molecule has 1 aliphatic heterocycles. The predicted molar refractivity (Wildman–Crippen MR) is 84.7 cm³/mol. The second-order valence-corrected chi connectivity index (χ2v) is 7.47. The fourth-order valence-electron chi connectivity index (χ4n) is 2.77. The Kier molecular flexibility index (Phi) is 5.91. The summed E-state index contributed by atoms with van der Waals surface area (Å²) in [4.78, 5) is 12.0. The van der Waals surface area contributed by atoms with Gasteiger partial charge in [-0.25, -0.2) is 12.8 Å². The number of sulfonamides is 1. The molecule has 0 radical (unpaired) electrons. The minimum atomic E-state index is -3.84. The van der Waals surface area contributed by atoms with Gasteiger partial charge in [-0.2, -0.15) is 9.57 Å². The van der Waals surface area contributed by atoms with E-state index in [4.69, 9.17) is 10.00 Å². The minimum absolute atomic E-state index is 0.0248. The van der Waals surface area contributed by atoms with Gasteiger partial charge < -0.3 is 4.74 Å². The molecule has 1 aliphatic rings. The summed E-state index contributed by atoms with van der Waals surface area (Å²) in [5.74, 6) is -1.61. The number of nitriles is 1. The molecule has 1 fully saturated rings. The summed E-state index contributed by atoms with van der Waals surface area (Å²) in [6, 6.07) is 4.37. The molecule has 130 valence electrons. The van der Waals surface area contributed by atoms with Crippen molar-refractivity contribution in [2.45, 2.75) is 38.0 Å². The highest BCUT2D eigenvalue weighted by molar-refractivity contribution is 7.88. The molecule has 8 heteroatoms. The van der Waals surface area contributed by atoms with Crippen molar-refractivity contribution >= 4 is 16.0 Å². The number of nitrogens with zero attached hydrogens (tertiary/aromatic N) is 2. The molecule has 24 heavy (non-hydrogen) atoms. The van der Waals surface area contributed by atoms with Gasteiger partial charge in [0.25, 0.3) is 0 Å². The molecule has 0 saturated carbocycles. The van der Waals surface area contributed by atoms with Crippen LogP contribution in [0.2, 0.25) is 0 Å². The third-order valence-corrected chi connectivity index (χ3v) is 5.73. The Morgan fingerprint density at radius 1 is 1.46 bits per heavy atom. The van der Waals surface area contributed by atoms with Gasteiger partial charge >= 0.3 is 5.97 Å². The summed E-state index contributed by atoms with van der Waals surface area (Å²) in [7, 11) is -3.84. The maximum Gasteiger partial charge on any atom is 0.324 e. The monoisotopic (exact) mass is 354 g/mol. The van der Waals surface area contributed by atoms with E-state index in [2.05, 4.69) is 0 Å². The summed E-state index contributed by atoms with van der Waals surface area (Å²) < 4.78 is 44.8. The summed E-state index contributed by atoms with van der Waals surface area (Å²) in [5, 5.41) is 9.06. The molecule has 1 heterocycles. The van der Waals surface area contributed by atoms with Crippen molar-refractivity contribution in [1.29, 1.82) is 5.26 Å². The number of piperidine rings is 1. The first-order chi connectivity index (χ1) is 11.4. The van der Waals surface area contributed by atoms with Crippen LogP contribution in [0.4, 0.5) is 4.39 Å². The Morgan fingerprint density at radius 2 is 2.21 bits per heavy atom. The van der Waals surface area contributed by atoms with Gasteiger partial charge in [0.15, 0.2) is 0 Å². The van der Waals surface area contributed by atoms with Gasteiger partial charge in [0.1, 0.15) is 11.9 Å². The number of halogens is 1. The number of rotatable bonds is 5. The Labute approximate surface area is 140 Å². The minimum Gasteiger partial charge on any atom is -0.465 e. The first kappa shape index (κ1) is 18.4. The lowest BCUT2D eigenvalue weighted by Gasteiger charge is -2.33. The highest BCUT2D eigenvalue weighted by Gasteiger charge is 2.37. The Hall–Kier alpha value is -1.98. The van der Waals surface area contributed by atoms with E-state index >= 15 is 0 Å². The van der Waals surface area contributed by atoms with Crippen molar-refractivity contribution in [3.05, 3.63) is 35.1 Å². The Balaban J connectivity index is 2.28. The molecular weight excluding hydrogens is 335 g/mol. The number of esters is 1. The standard InChI is InChI=1S/C16H19FN2O4S/c1-2-23-16(20)15-5-3-4-8-19(15)24(21,22)11-12-6-7-14(17)9-13(12)10-18/h6-7,9,15H,2-5,8,11H2,1H3/t15-/m1/s1. The fourth-order valence-corrected chi connectivity index (χ4v) is 4.57. The molecule has 0 aromatic heterocycles. The lowest BCUT2D eigenvalue weighted by Crippen LogP contribution is -2.49. The second-order valence-electron chi connectivity index (χ2n) is 5.54. The molecule has 1 saturated heterocycles. The molecular formula is C16H19FN2O4S. The molecule has 2 rings (SSSR count). The van der Waals surface area contributed by atoms with Gasteiger partial charge in [-0.05, 0) is 43.9 Å². The topological polar surface area (TPSA) is 87.5 Å². The number of hydrogen-bond acceptors (Lipinski definition) is 5. The maximum absolute atomic E-state index is 13.2. The van der Waals surface area contributed by atoms with Crippen LogP contribution in [0, 0.1) is 17.1 Å². The van der Waals surface area contributed by atoms with Crippen molar-refractivity contribution in [2.75, 3.05) is 13.2 Å². The normalized spacial score (nSPS) is 18.8. The van der Waals surface area contributed by atoms with E-state index < -0.39 is 33.6 Å². The van der Waals surface area contributed by atoms with E-state index in [1.807, 2.05) is 0 Å². The second kappa shape index (κ2) is 7.73. The lowest BCUT2D eigenvalue weighted by molar-refractivity contribution is -0.148. The van der Waals surface area contributed by atoms with Crippen LogP contribution >= 0.6 is 0 Å². The van der Waals surface area contributed by atoms with Crippen molar-refractivity contribution in [3.63, 3.8) is 0 Å². The van der Waals surface area contributed by atoms with Gasteiger partial charge in [0.2, 0.25) is 10.0 Å². The van der Waals surface area contributed by atoms with E-state index in [9.17, 15) is 17.6 Å². The lowest BCUT2D eigenvalue weighted by atomic mass is 10.1. The average Bonchev–Trinajstić information content (AvgIpc) is 2.56. The summed E-state index contributed by atoms with van der Waals surface area (Å²) >= 11 is 0. The van der Waals surface area contributed by atoms with Crippen LogP contribution in [0.15, 0.2) is 18.2 Å². The molecule has 0 N–H and O–H groups in total. The molecule has 1 aromatic carbocycles. The highest BCUT2D eigenvalue weighted by Crippen LogP contribution is 2.25. The van der Waals surface area contributed by atoms with Crippen LogP contribution in [0.1, 0.15) is 37.3 Å². The fraction of sp³-hybridized carbons (Fsp3) is 0.500. The number of carbonyl (C=O) groups is 1. The summed E-state index contributed by atoms with van der Waals surface area (Å²) in [6.45, 7) is 2.08. The van der Waals surface area contributed by atoms with Crippen LogP contribution in [0.25, 0.3) is 0 Å². The summed E-state index contributed by atoms with van der Waals surface area (Å²) in [6.07, 6.45) is 1.81. The maximum atomic E-state index is 13.2. The predicted octanol–water partition coefficient (Wildman–Crippen LogP) is 1.94. The van der Waals surface area contributed by atoms with Crippen LogP contribution in [-0.4, -0.2) is 37.9 Å². The number of ether oxygens (including phenoxy) is 1. The van der Waals surface area contributed by atoms with Crippen LogP contribution in [0.5, 0.6) is 0 Å². The largest absolute Gasteiger partial charge is 0.465 e. The first-order valence-corrected chi connectivity index (χ1v) is 9.34. The SMILES string of the molecule is CCOC(=O)[C@H]1CCCCN1S(=O)(=O)Cc1ccc(F)cc1C#N. The molecule has 0 spiro atoms. The zero-order valence-corrected chi connectivity index (χ0v) is 14.2.